The molecule has 0 saturated heterocycles. The molecule has 2 aliphatic rings. The van der Waals surface area contributed by atoms with Crippen molar-refractivity contribution >= 4 is 60.6 Å². The predicted molar refractivity (Wildman–Crippen MR) is 212 cm³/mol. The molecule has 0 bridgehead atoms. The van der Waals surface area contributed by atoms with Crippen molar-refractivity contribution in [3.05, 3.63) is 193 Å². The summed E-state index contributed by atoms with van der Waals surface area (Å²) in [7, 11) is 0. The minimum atomic E-state index is 0.210. The molecule has 2 unspecified atom stereocenters. The molecule has 240 valence electrons. The standard InChI is InChI=1S/C47H32N4/c1-3-14-32(15-4-1)49-41-22-10-9-20-36(41)39-30-31(26-29-44(39)49)40-21-13-25-45(48-40)51-43-24-12-8-19-35(43)38-28-27-37-34-18-7-11-23-42(34)50(46(37)47(38)51)33-16-5-2-6-17-33/h1-30,39,44H. The van der Waals surface area contributed by atoms with E-state index >= 15 is 0 Å². The largest absolute Gasteiger partial charge is 0.333 e. The number of benzene rings is 6. The number of pyridine rings is 1. The molecule has 1 aliphatic heterocycles. The number of aromatic nitrogens is 3. The minimum Gasteiger partial charge on any atom is -0.333 e. The summed E-state index contributed by atoms with van der Waals surface area (Å²) in [6, 6.07) is 59.0. The van der Waals surface area contributed by atoms with Gasteiger partial charge in [-0.25, -0.2) is 4.98 Å². The van der Waals surface area contributed by atoms with E-state index in [0.717, 1.165) is 33.8 Å². The first-order valence-electron chi connectivity index (χ1n) is 17.7. The summed E-state index contributed by atoms with van der Waals surface area (Å²) in [5.41, 5.74) is 11.8. The SMILES string of the molecule is C1=CC2C(C=C1c1cccc(-n3c4ccccc4c4ccc5c6ccccc6n(-c6ccccc6)c5c43)n1)c1ccccc1N2c1ccccc1. The van der Waals surface area contributed by atoms with Gasteiger partial charge in [0, 0.05) is 44.5 Å². The van der Waals surface area contributed by atoms with Gasteiger partial charge in [-0.1, -0.05) is 127 Å². The van der Waals surface area contributed by atoms with Gasteiger partial charge in [-0.2, -0.15) is 0 Å². The Morgan fingerprint density at radius 3 is 1.82 bits per heavy atom. The fourth-order valence-corrected chi connectivity index (χ4v) is 8.70. The van der Waals surface area contributed by atoms with Gasteiger partial charge in [0.1, 0.15) is 5.82 Å². The Bertz CT molecular complexity index is 2870. The van der Waals surface area contributed by atoms with Crippen LogP contribution in [0.25, 0.3) is 60.7 Å². The fourth-order valence-electron chi connectivity index (χ4n) is 8.70. The average Bonchev–Trinajstić information content (AvgIpc) is 3.84. The smallest absolute Gasteiger partial charge is 0.138 e. The van der Waals surface area contributed by atoms with Crippen molar-refractivity contribution in [2.45, 2.75) is 12.0 Å². The number of fused-ring (bicyclic) bond motifs is 10. The van der Waals surface area contributed by atoms with Crippen LogP contribution in [0.3, 0.4) is 0 Å². The van der Waals surface area contributed by atoms with Gasteiger partial charge in [-0.05, 0) is 65.7 Å². The maximum atomic E-state index is 5.47. The van der Waals surface area contributed by atoms with E-state index in [0.29, 0.717) is 0 Å². The molecule has 2 atom stereocenters. The van der Waals surface area contributed by atoms with E-state index in [4.69, 9.17) is 4.98 Å². The van der Waals surface area contributed by atoms with Crippen molar-refractivity contribution in [3.8, 4) is 11.5 Å². The summed E-state index contributed by atoms with van der Waals surface area (Å²) in [6.07, 6.45) is 7.06. The molecular formula is C47H32N4. The van der Waals surface area contributed by atoms with E-state index in [9.17, 15) is 0 Å². The molecule has 3 aromatic heterocycles. The molecule has 0 amide bonds. The summed E-state index contributed by atoms with van der Waals surface area (Å²) in [4.78, 5) is 7.95. The van der Waals surface area contributed by atoms with Crippen molar-refractivity contribution in [1.29, 1.82) is 0 Å². The van der Waals surface area contributed by atoms with Gasteiger partial charge in [0.05, 0.1) is 33.8 Å². The molecule has 0 fully saturated rings. The molecular weight excluding hydrogens is 621 g/mol. The van der Waals surface area contributed by atoms with Crippen LogP contribution in [0, 0.1) is 0 Å². The van der Waals surface area contributed by atoms with Crippen molar-refractivity contribution < 1.29 is 0 Å². The van der Waals surface area contributed by atoms with Crippen molar-refractivity contribution in [3.63, 3.8) is 0 Å². The number of anilines is 2. The Morgan fingerprint density at radius 2 is 1.08 bits per heavy atom. The van der Waals surface area contributed by atoms with Crippen molar-refractivity contribution in [1.82, 2.24) is 14.1 Å². The summed E-state index contributed by atoms with van der Waals surface area (Å²) >= 11 is 0. The molecule has 51 heavy (non-hydrogen) atoms. The number of nitrogens with zero attached hydrogens (tertiary/aromatic N) is 4. The normalized spacial score (nSPS) is 16.6. The molecule has 0 spiro atoms. The minimum absolute atomic E-state index is 0.210. The molecule has 0 N–H and O–H groups in total. The van der Waals surface area contributed by atoms with E-state index in [1.54, 1.807) is 0 Å². The fraction of sp³-hybridized carbons (Fsp3) is 0.0426. The first kappa shape index (κ1) is 28.2. The quantitative estimate of drug-likeness (QED) is 0.189. The number of hydrogen-bond acceptors (Lipinski definition) is 2. The topological polar surface area (TPSA) is 26.0 Å². The lowest BCUT2D eigenvalue weighted by atomic mass is 9.87. The van der Waals surface area contributed by atoms with Crippen LogP contribution in [0.5, 0.6) is 0 Å². The molecule has 0 saturated carbocycles. The highest BCUT2D eigenvalue weighted by Crippen LogP contribution is 2.49. The third kappa shape index (κ3) is 4.11. The second kappa shape index (κ2) is 10.9. The van der Waals surface area contributed by atoms with Gasteiger partial charge < -0.3 is 9.47 Å². The zero-order valence-electron chi connectivity index (χ0n) is 27.8. The first-order valence-corrected chi connectivity index (χ1v) is 17.7. The first-order chi connectivity index (χ1) is 25.3. The Balaban J connectivity index is 1.13. The van der Waals surface area contributed by atoms with Gasteiger partial charge in [0.15, 0.2) is 0 Å². The van der Waals surface area contributed by atoms with Gasteiger partial charge in [-0.15, -0.1) is 0 Å². The summed E-state index contributed by atoms with van der Waals surface area (Å²) < 4.78 is 4.81. The highest BCUT2D eigenvalue weighted by Gasteiger charge is 2.38. The molecule has 4 heterocycles. The molecule has 0 radical (unpaired) electrons. The summed E-state index contributed by atoms with van der Waals surface area (Å²) in [5.74, 6) is 1.13. The number of para-hydroxylation sites is 5. The van der Waals surface area contributed by atoms with E-state index in [1.165, 1.54) is 49.5 Å². The van der Waals surface area contributed by atoms with Crippen LogP contribution in [-0.2, 0) is 0 Å². The zero-order chi connectivity index (χ0) is 33.5. The molecule has 1 aliphatic carbocycles. The van der Waals surface area contributed by atoms with Gasteiger partial charge in [-0.3, -0.25) is 4.57 Å². The lowest BCUT2D eigenvalue weighted by molar-refractivity contribution is 0.746. The van der Waals surface area contributed by atoms with E-state index in [-0.39, 0.29) is 12.0 Å². The average molecular weight is 653 g/mol. The van der Waals surface area contributed by atoms with E-state index in [2.05, 4.69) is 196 Å². The summed E-state index contributed by atoms with van der Waals surface area (Å²) in [6.45, 7) is 0. The molecule has 4 heteroatoms. The second-order valence-corrected chi connectivity index (χ2v) is 13.5. The monoisotopic (exact) mass is 652 g/mol. The lowest BCUT2D eigenvalue weighted by Crippen LogP contribution is -2.28. The zero-order valence-corrected chi connectivity index (χ0v) is 27.8. The third-order valence-corrected chi connectivity index (χ3v) is 10.8. The Hall–Kier alpha value is -6.65. The number of allylic oxidation sites excluding steroid dienone is 2. The Labute approximate surface area is 295 Å². The Morgan fingerprint density at radius 1 is 0.471 bits per heavy atom. The molecule has 11 rings (SSSR count). The van der Waals surface area contributed by atoms with Crippen LogP contribution in [0.2, 0.25) is 0 Å². The number of hydrogen-bond donors (Lipinski definition) is 0. The van der Waals surface area contributed by atoms with Gasteiger partial charge in [0.25, 0.3) is 0 Å². The van der Waals surface area contributed by atoms with Crippen LogP contribution in [0.4, 0.5) is 11.4 Å². The van der Waals surface area contributed by atoms with E-state index < -0.39 is 0 Å². The van der Waals surface area contributed by atoms with Crippen LogP contribution in [-0.4, -0.2) is 20.2 Å². The Kier molecular flexibility index (Phi) is 6.05. The highest BCUT2D eigenvalue weighted by molar-refractivity contribution is 6.23. The van der Waals surface area contributed by atoms with Crippen LogP contribution in [0.15, 0.2) is 182 Å². The van der Waals surface area contributed by atoms with Crippen LogP contribution in [0.1, 0.15) is 17.2 Å². The van der Waals surface area contributed by atoms with Crippen molar-refractivity contribution in [2.24, 2.45) is 0 Å². The van der Waals surface area contributed by atoms with Crippen molar-refractivity contribution in [2.75, 3.05) is 4.90 Å². The molecule has 6 aromatic carbocycles. The number of rotatable bonds is 4. The highest BCUT2D eigenvalue weighted by atomic mass is 15.2. The maximum Gasteiger partial charge on any atom is 0.138 e. The van der Waals surface area contributed by atoms with Gasteiger partial charge in [0.2, 0.25) is 0 Å². The lowest BCUT2D eigenvalue weighted by Gasteiger charge is -2.29. The third-order valence-electron chi connectivity index (χ3n) is 10.8. The maximum absolute atomic E-state index is 5.47. The predicted octanol–water partition coefficient (Wildman–Crippen LogP) is 11.5. The van der Waals surface area contributed by atoms with Gasteiger partial charge >= 0.3 is 0 Å². The molecule has 4 nitrogen and oxygen atoms in total. The summed E-state index contributed by atoms with van der Waals surface area (Å²) in [5, 5.41) is 4.90. The van der Waals surface area contributed by atoms with E-state index in [1.807, 2.05) is 0 Å². The van der Waals surface area contributed by atoms with Crippen LogP contribution < -0.4 is 4.90 Å². The van der Waals surface area contributed by atoms with Crippen LogP contribution >= 0.6 is 0 Å². The second-order valence-electron chi connectivity index (χ2n) is 13.5. The molecule has 9 aromatic rings.